The van der Waals surface area contributed by atoms with Crippen molar-refractivity contribution in [2.24, 2.45) is 0 Å². The highest BCUT2D eigenvalue weighted by Crippen LogP contribution is 2.23. The molecule has 1 N–H and O–H groups in total. The van der Waals surface area contributed by atoms with E-state index < -0.39 is 12.2 Å². The summed E-state index contributed by atoms with van der Waals surface area (Å²) in [6.07, 6.45) is -1.13. The number of carbonyl (C=O) groups is 1. The van der Waals surface area contributed by atoms with E-state index in [2.05, 4.69) is 0 Å². The van der Waals surface area contributed by atoms with Crippen molar-refractivity contribution in [3.05, 3.63) is 71.8 Å². The van der Waals surface area contributed by atoms with Gasteiger partial charge in [-0.05, 0) is 17.7 Å². The summed E-state index contributed by atoms with van der Waals surface area (Å²) in [5.41, 5.74) is 1.47. The average Bonchev–Trinajstić information content (AvgIpc) is 2.62. The number of benzene rings is 2. The standard InChI is InChI=1S/C18H19NO3/c20-17(14-7-3-1-4-8-14)16-13-19(11-12-22-16)18(21)15-9-5-2-6-10-15/h1-10,16-17,20H,11-13H2/t16-,17-/m1/s1. The number of carbonyl (C=O) groups excluding carboxylic acids is 1. The number of aliphatic hydroxyl groups is 1. The molecule has 0 radical (unpaired) electrons. The third kappa shape index (κ3) is 3.18. The van der Waals surface area contributed by atoms with Crippen LogP contribution in [-0.4, -0.2) is 41.7 Å². The molecule has 1 heterocycles. The molecule has 2 aromatic carbocycles. The van der Waals surface area contributed by atoms with Gasteiger partial charge in [0.2, 0.25) is 0 Å². The smallest absolute Gasteiger partial charge is 0.254 e. The van der Waals surface area contributed by atoms with E-state index in [0.717, 1.165) is 5.56 Å². The largest absolute Gasteiger partial charge is 0.386 e. The maximum atomic E-state index is 12.5. The maximum absolute atomic E-state index is 12.5. The first-order valence-corrected chi connectivity index (χ1v) is 7.44. The van der Waals surface area contributed by atoms with E-state index >= 15 is 0 Å². The summed E-state index contributed by atoms with van der Waals surface area (Å²) in [7, 11) is 0. The Morgan fingerprint density at radius 1 is 1.09 bits per heavy atom. The Morgan fingerprint density at radius 3 is 2.41 bits per heavy atom. The molecule has 2 atom stereocenters. The monoisotopic (exact) mass is 297 g/mol. The number of morpholine rings is 1. The molecule has 0 saturated carbocycles. The Balaban J connectivity index is 1.70. The zero-order chi connectivity index (χ0) is 15.4. The van der Waals surface area contributed by atoms with Gasteiger partial charge in [-0.3, -0.25) is 4.79 Å². The molecule has 1 fully saturated rings. The first-order chi connectivity index (χ1) is 10.8. The first kappa shape index (κ1) is 14.8. The highest BCUT2D eigenvalue weighted by atomic mass is 16.5. The summed E-state index contributed by atoms with van der Waals surface area (Å²) in [5, 5.41) is 10.5. The van der Waals surface area contributed by atoms with Crippen LogP contribution in [-0.2, 0) is 4.74 Å². The summed E-state index contributed by atoms with van der Waals surface area (Å²) in [6, 6.07) is 18.6. The van der Waals surface area contributed by atoms with E-state index in [0.29, 0.717) is 25.3 Å². The molecule has 0 aliphatic carbocycles. The Morgan fingerprint density at radius 2 is 1.73 bits per heavy atom. The van der Waals surface area contributed by atoms with Gasteiger partial charge in [-0.15, -0.1) is 0 Å². The molecule has 2 aromatic rings. The van der Waals surface area contributed by atoms with Crippen molar-refractivity contribution in [2.75, 3.05) is 19.7 Å². The molecule has 1 saturated heterocycles. The molecule has 1 amide bonds. The van der Waals surface area contributed by atoms with Gasteiger partial charge in [-0.1, -0.05) is 48.5 Å². The number of rotatable bonds is 3. The number of hydrogen-bond acceptors (Lipinski definition) is 3. The summed E-state index contributed by atoms with van der Waals surface area (Å²) in [6.45, 7) is 1.38. The van der Waals surface area contributed by atoms with Gasteiger partial charge in [0.15, 0.2) is 0 Å². The van der Waals surface area contributed by atoms with Gasteiger partial charge in [0.1, 0.15) is 12.2 Å². The molecule has 3 rings (SSSR count). The van der Waals surface area contributed by atoms with Crippen molar-refractivity contribution < 1.29 is 14.6 Å². The van der Waals surface area contributed by atoms with Crippen LogP contribution in [0.4, 0.5) is 0 Å². The van der Waals surface area contributed by atoms with Crippen LogP contribution < -0.4 is 0 Å². The molecule has 22 heavy (non-hydrogen) atoms. The lowest BCUT2D eigenvalue weighted by atomic mass is 10.0. The molecular weight excluding hydrogens is 278 g/mol. The second kappa shape index (κ2) is 6.73. The fourth-order valence-corrected chi connectivity index (χ4v) is 2.68. The fraction of sp³-hybridized carbons (Fsp3) is 0.278. The molecule has 114 valence electrons. The lowest BCUT2D eigenvalue weighted by Crippen LogP contribution is -2.47. The van der Waals surface area contributed by atoms with Crippen LogP contribution in [0, 0.1) is 0 Å². The lowest BCUT2D eigenvalue weighted by molar-refractivity contribution is -0.0820. The van der Waals surface area contributed by atoms with E-state index in [4.69, 9.17) is 4.74 Å². The molecule has 1 aliphatic rings. The molecule has 0 unspecified atom stereocenters. The van der Waals surface area contributed by atoms with Gasteiger partial charge in [0.25, 0.3) is 5.91 Å². The molecule has 0 bridgehead atoms. The number of nitrogens with zero attached hydrogens (tertiary/aromatic N) is 1. The van der Waals surface area contributed by atoms with Crippen molar-refractivity contribution in [1.82, 2.24) is 4.90 Å². The predicted octanol–water partition coefficient (Wildman–Crippen LogP) is 2.26. The van der Waals surface area contributed by atoms with E-state index in [9.17, 15) is 9.90 Å². The summed E-state index contributed by atoms with van der Waals surface area (Å²) in [4.78, 5) is 14.2. The average molecular weight is 297 g/mol. The normalized spacial score (nSPS) is 19.7. The van der Waals surface area contributed by atoms with Gasteiger partial charge in [0.05, 0.1) is 13.2 Å². The minimum Gasteiger partial charge on any atom is -0.386 e. The number of aliphatic hydroxyl groups excluding tert-OH is 1. The van der Waals surface area contributed by atoms with Crippen molar-refractivity contribution in [2.45, 2.75) is 12.2 Å². The van der Waals surface area contributed by atoms with Crippen LogP contribution >= 0.6 is 0 Å². The minimum absolute atomic E-state index is 0.0193. The zero-order valence-electron chi connectivity index (χ0n) is 12.3. The topological polar surface area (TPSA) is 49.8 Å². The minimum atomic E-state index is -0.729. The van der Waals surface area contributed by atoms with E-state index in [1.54, 1.807) is 17.0 Å². The second-order valence-electron chi connectivity index (χ2n) is 5.38. The van der Waals surface area contributed by atoms with Crippen molar-refractivity contribution >= 4 is 5.91 Å². The van der Waals surface area contributed by atoms with E-state index in [-0.39, 0.29) is 5.91 Å². The van der Waals surface area contributed by atoms with Crippen LogP contribution in [0.25, 0.3) is 0 Å². The van der Waals surface area contributed by atoms with Gasteiger partial charge < -0.3 is 14.7 Å². The molecule has 1 aliphatic heterocycles. The molecule has 0 spiro atoms. The summed E-state index contributed by atoms with van der Waals surface area (Å²) in [5.74, 6) is -0.0193. The molecule has 0 aromatic heterocycles. The van der Waals surface area contributed by atoms with Gasteiger partial charge in [-0.2, -0.15) is 0 Å². The van der Waals surface area contributed by atoms with Crippen molar-refractivity contribution in [1.29, 1.82) is 0 Å². The van der Waals surface area contributed by atoms with Crippen molar-refractivity contribution in [3.63, 3.8) is 0 Å². The third-order valence-electron chi connectivity index (χ3n) is 3.89. The maximum Gasteiger partial charge on any atom is 0.254 e. The Labute approximate surface area is 130 Å². The predicted molar refractivity (Wildman–Crippen MR) is 83.5 cm³/mol. The van der Waals surface area contributed by atoms with Gasteiger partial charge >= 0.3 is 0 Å². The van der Waals surface area contributed by atoms with Crippen LogP contribution in [0.15, 0.2) is 60.7 Å². The number of ether oxygens (including phenoxy) is 1. The second-order valence-corrected chi connectivity index (χ2v) is 5.38. The van der Waals surface area contributed by atoms with Crippen LogP contribution in [0.1, 0.15) is 22.0 Å². The first-order valence-electron chi connectivity index (χ1n) is 7.44. The van der Waals surface area contributed by atoms with Crippen molar-refractivity contribution in [3.8, 4) is 0 Å². The third-order valence-corrected chi connectivity index (χ3v) is 3.89. The molecular formula is C18H19NO3. The van der Waals surface area contributed by atoms with Gasteiger partial charge in [0, 0.05) is 12.1 Å². The highest BCUT2D eigenvalue weighted by molar-refractivity contribution is 5.94. The summed E-state index contributed by atoms with van der Waals surface area (Å²) < 4.78 is 5.67. The molecule has 4 heteroatoms. The number of hydrogen-bond donors (Lipinski definition) is 1. The highest BCUT2D eigenvalue weighted by Gasteiger charge is 2.30. The van der Waals surface area contributed by atoms with E-state index in [1.807, 2.05) is 48.5 Å². The molecule has 4 nitrogen and oxygen atoms in total. The van der Waals surface area contributed by atoms with Crippen LogP contribution in [0.3, 0.4) is 0 Å². The van der Waals surface area contributed by atoms with E-state index in [1.165, 1.54) is 0 Å². The summed E-state index contributed by atoms with van der Waals surface area (Å²) >= 11 is 0. The Bertz CT molecular complexity index is 615. The van der Waals surface area contributed by atoms with Crippen LogP contribution in [0.5, 0.6) is 0 Å². The SMILES string of the molecule is O=C(c1ccccc1)N1CCO[C@@H]([C@H](O)c2ccccc2)C1. The number of amides is 1. The fourth-order valence-electron chi connectivity index (χ4n) is 2.68. The Kier molecular flexibility index (Phi) is 4.51. The van der Waals surface area contributed by atoms with Crippen LogP contribution in [0.2, 0.25) is 0 Å². The zero-order valence-corrected chi connectivity index (χ0v) is 12.3. The quantitative estimate of drug-likeness (QED) is 0.945. The Hall–Kier alpha value is -2.17. The lowest BCUT2D eigenvalue weighted by Gasteiger charge is -2.35. The van der Waals surface area contributed by atoms with Gasteiger partial charge in [-0.25, -0.2) is 0 Å².